The number of amides is 1. The first-order valence-corrected chi connectivity index (χ1v) is 6.82. The topological polar surface area (TPSA) is 71.5 Å². The van der Waals surface area contributed by atoms with Gasteiger partial charge in [-0.2, -0.15) is 0 Å². The SMILES string of the molecule is Cc1ccc(NC(=O)c2coc(CN)c2)c(CN(C)C)c1.Cl.Cl. The van der Waals surface area contributed by atoms with Crippen molar-refractivity contribution in [2.75, 3.05) is 19.4 Å². The third kappa shape index (κ3) is 5.88. The number of benzene rings is 1. The maximum atomic E-state index is 12.2. The Morgan fingerprint density at radius 2 is 1.96 bits per heavy atom. The van der Waals surface area contributed by atoms with Crippen LogP contribution in [0.25, 0.3) is 0 Å². The smallest absolute Gasteiger partial charge is 0.258 e. The Morgan fingerprint density at radius 3 is 2.52 bits per heavy atom. The molecule has 1 aromatic heterocycles. The monoisotopic (exact) mass is 359 g/mol. The van der Waals surface area contributed by atoms with Crippen LogP contribution in [-0.2, 0) is 13.1 Å². The molecule has 0 saturated heterocycles. The van der Waals surface area contributed by atoms with Gasteiger partial charge in [-0.1, -0.05) is 17.7 Å². The third-order valence-electron chi connectivity index (χ3n) is 3.11. The number of nitrogens with two attached hydrogens (primary N) is 1. The highest BCUT2D eigenvalue weighted by Crippen LogP contribution is 2.20. The van der Waals surface area contributed by atoms with Gasteiger partial charge in [-0.05, 0) is 38.7 Å². The molecule has 0 spiro atoms. The maximum absolute atomic E-state index is 12.2. The molecule has 0 radical (unpaired) electrons. The highest BCUT2D eigenvalue weighted by Gasteiger charge is 2.12. The third-order valence-corrected chi connectivity index (χ3v) is 3.11. The van der Waals surface area contributed by atoms with E-state index in [1.165, 1.54) is 11.8 Å². The van der Waals surface area contributed by atoms with E-state index in [1.54, 1.807) is 6.07 Å². The van der Waals surface area contributed by atoms with Crippen molar-refractivity contribution in [3.8, 4) is 0 Å². The van der Waals surface area contributed by atoms with E-state index in [2.05, 4.69) is 16.3 Å². The number of halogens is 2. The van der Waals surface area contributed by atoms with Crippen molar-refractivity contribution >= 4 is 36.4 Å². The van der Waals surface area contributed by atoms with Crippen LogP contribution in [0, 0.1) is 6.92 Å². The van der Waals surface area contributed by atoms with E-state index in [-0.39, 0.29) is 37.3 Å². The number of carbonyl (C=O) groups is 1. The van der Waals surface area contributed by atoms with E-state index < -0.39 is 0 Å². The summed E-state index contributed by atoms with van der Waals surface area (Å²) in [6.45, 7) is 3.08. The van der Waals surface area contributed by atoms with Crippen molar-refractivity contribution < 1.29 is 9.21 Å². The molecule has 1 aromatic carbocycles. The predicted octanol–water partition coefficient (Wildman–Crippen LogP) is 3.20. The lowest BCUT2D eigenvalue weighted by atomic mass is 10.1. The van der Waals surface area contributed by atoms with Crippen LogP contribution < -0.4 is 11.1 Å². The molecule has 0 unspecified atom stereocenters. The van der Waals surface area contributed by atoms with E-state index in [0.717, 1.165) is 17.8 Å². The van der Waals surface area contributed by atoms with Gasteiger partial charge >= 0.3 is 0 Å². The fourth-order valence-electron chi connectivity index (χ4n) is 2.12. The lowest BCUT2D eigenvalue weighted by molar-refractivity contribution is 0.102. The first-order valence-electron chi connectivity index (χ1n) is 6.82. The first kappa shape index (κ1) is 21.5. The zero-order valence-electron chi connectivity index (χ0n) is 13.5. The van der Waals surface area contributed by atoms with E-state index in [4.69, 9.17) is 10.2 Å². The Morgan fingerprint density at radius 1 is 1.26 bits per heavy atom. The molecule has 0 aliphatic rings. The second-order valence-corrected chi connectivity index (χ2v) is 5.36. The van der Waals surface area contributed by atoms with Crippen molar-refractivity contribution in [2.24, 2.45) is 5.73 Å². The van der Waals surface area contributed by atoms with Crippen LogP contribution in [0.1, 0.15) is 27.2 Å². The van der Waals surface area contributed by atoms with Gasteiger partial charge in [0.05, 0.1) is 12.1 Å². The van der Waals surface area contributed by atoms with Crippen LogP contribution in [-0.4, -0.2) is 24.9 Å². The summed E-state index contributed by atoms with van der Waals surface area (Å²) in [5, 5.41) is 2.93. The minimum Gasteiger partial charge on any atom is -0.467 e. The molecule has 5 nitrogen and oxygen atoms in total. The molecule has 0 saturated carbocycles. The fourth-order valence-corrected chi connectivity index (χ4v) is 2.12. The molecule has 3 N–H and O–H groups in total. The van der Waals surface area contributed by atoms with E-state index in [0.29, 0.717) is 11.3 Å². The molecule has 23 heavy (non-hydrogen) atoms. The Bertz CT molecular complexity index is 642. The second-order valence-electron chi connectivity index (χ2n) is 5.36. The highest BCUT2D eigenvalue weighted by molar-refractivity contribution is 6.04. The normalized spacial score (nSPS) is 9.96. The zero-order chi connectivity index (χ0) is 15.4. The molecule has 0 bridgehead atoms. The van der Waals surface area contributed by atoms with Crippen molar-refractivity contribution in [3.63, 3.8) is 0 Å². The van der Waals surface area contributed by atoms with Crippen molar-refractivity contribution in [3.05, 3.63) is 53.0 Å². The lowest BCUT2D eigenvalue weighted by Crippen LogP contribution is -2.16. The summed E-state index contributed by atoms with van der Waals surface area (Å²) in [6, 6.07) is 7.65. The van der Waals surface area contributed by atoms with Crippen molar-refractivity contribution in [1.82, 2.24) is 4.90 Å². The van der Waals surface area contributed by atoms with Gasteiger partial charge in [0, 0.05) is 12.2 Å². The summed E-state index contributed by atoms with van der Waals surface area (Å²) in [6.07, 6.45) is 1.43. The Labute approximate surface area is 149 Å². The van der Waals surface area contributed by atoms with Gasteiger partial charge in [0.25, 0.3) is 5.91 Å². The zero-order valence-corrected chi connectivity index (χ0v) is 15.1. The Kier molecular flexibility index (Phi) is 8.94. The largest absolute Gasteiger partial charge is 0.467 e. The molecule has 128 valence electrons. The number of carbonyl (C=O) groups excluding carboxylic acids is 1. The van der Waals surface area contributed by atoms with Crippen LogP contribution in [0.4, 0.5) is 5.69 Å². The molecule has 2 aromatic rings. The average Bonchev–Trinajstić information content (AvgIpc) is 2.90. The molecule has 7 heteroatoms. The maximum Gasteiger partial charge on any atom is 0.258 e. The number of furan rings is 1. The molecule has 0 atom stereocenters. The molecule has 0 aliphatic heterocycles. The van der Waals surface area contributed by atoms with Crippen LogP contribution in [0.15, 0.2) is 34.9 Å². The number of anilines is 1. The highest BCUT2D eigenvalue weighted by atomic mass is 35.5. The number of nitrogens with one attached hydrogen (secondary N) is 1. The number of aryl methyl sites for hydroxylation is 1. The molecular weight excluding hydrogens is 337 g/mol. The lowest BCUT2D eigenvalue weighted by Gasteiger charge is -2.15. The Balaban J connectivity index is 0.00000242. The number of rotatable bonds is 5. The predicted molar refractivity (Wildman–Crippen MR) is 97.6 cm³/mol. The summed E-state index contributed by atoms with van der Waals surface area (Å²) in [4.78, 5) is 14.3. The van der Waals surface area contributed by atoms with Gasteiger partial charge in [-0.15, -0.1) is 24.8 Å². The Hall–Kier alpha value is -1.53. The molecule has 0 fully saturated rings. The van der Waals surface area contributed by atoms with Gasteiger partial charge in [-0.25, -0.2) is 0 Å². The van der Waals surface area contributed by atoms with Crippen LogP contribution in [0.3, 0.4) is 0 Å². The van der Waals surface area contributed by atoms with Gasteiger partial charge in [-0.3, -0.25) is 4.79 Å². The molecular formula is C16H23Cl2N3O2. The summed E-state index contributed by atoms with van der Waals surface area (Å²) < 4.78 is 5.19. The number of hydrogen-bond acceptors (Lipinski definition) is 4. The number of nitrogens with zero attached hydrogens (tertiary/aromatic N) is 1. The summed E-state index contributed by atoms with van der Waals surface area (Å²) >= 11 is 0. The summed E-state index contributed by atoms with van der Waals surface area (Å²) in [5.74, 6) is 0.403. The molecule has 2 rings (SSSR count). The van der Waals surface area contributed by atoms with E-state index in [9.17, 15) is 4.79 Å². The minimum absolute atomic E-state index is 0. The minimum atomic E-state index is -0.192. The number of hydrogen-bond donors (Lipinski definition) is 2. The second kappa shape index (κ2) is 9.57. The summed E-state index contributed by atoms with van der Waals surface area (Å²) in [5.41, 5.74) is 9.02. The molecule has 1 amide bonds. The van der Waals surface area contributed by atoms with Gasteiger partial charge in [0.2, 0.25) is 0 Å². The quantitative estimate of drug-likeness (QED) is 0.859. The average molecular weight is 360 g/mol. The standard InChI is InChI=1S/C16H21N3O2.2ClH/c1-11-4-5-15(12(6-11)9-19(2)3)18-16(20)13-7-14(8-17)21-10-13;;/h4-7,10H,8-9,17H2,1-3H3,(H,18,20);2*1H. The fraction of sp³-hybridized carbons (Fsp3) is 0.312. The van der Waals surface area contributed by atoms with Crippen molar-refractivity contribution in [2.45, 2.75) is 20.0 Å². The van der Waals surface area contributed by atoms with Gasteiger partial charge in [0.1, 0.15) is 12.0 Å². The van der Waals surface area contributed by atoms with Crippen LogP contribution in [0.2, 0.25) is 0 Å². The van der Waals surface area contributed by atoms with Gasteiger partial charge < -0.3 is 20.4 Å². The molecule has 1 heterocycles. The van der Waals surface area contributed by atoms with E-state index >= 15 is 0 Å². The van der Waals surface area contributed by atoms with E-state index in [1.807, 2.05) is 33.2 Å². The van der Waals surface area contributed by atoms with Crippen LogP contribution >= 0.6 is 24.8 Å². The summed E-state index contributed by atoms with van der Waals surface area (Å²) in [7, 11) is 4.00. The van der Waals surface area contributed by atoms with Crippen LogP contribution in [0.5, 0.6) is 0 Å². The van der Waals surface area contributed by atoms with Gasteiger partial charge in [0.15, 0.2) is 0 Å². The first-order chi connectivity index (χ1) is 9.99. The van der Waals surface area contributed by atoms with Crippen molar-refractivity contribution in [1.29, 1.82) is 0 Å². The molecule has 0 aliphatic carbocycles.